The zero-order valence-electron chi connectivity index (χ0n) is 6.97. The average Bonchev–Trinajstić information content (AvgIpc) is 2.07. The van der Waals surface area contributed by atoms with Gasteiger partial charge in [0.2, 0.25) is 0 Å². The van der Waals surface area contributed by atoms with Crippen molar-refractivity contribution in [3.05, 3.63) is 0 Å². The highest BCUT2D eigenvalue weighted by atomic mass is 16.3. The van der Waals surface area contributed by atoms with Gasteiger partial charge in [-0.05, 0) is 19.4 Å². The summed E-state index contributed by atoms with van der Waals surface area (Å²) < 4.78 is 0. The molecule has 0 spiro atoms. The normalized spacial score (nSPS) is 25.4. The summed E-state index contributed by atoms with van der Waals surface area (Å²) in [7, 11) is 0. The van der Waals surface area contributed by atoms with Gasteiger partial charge in [0.25, 0.3) is 0 Å². The summed E-state index contributed by atoms with van der Waals surface area (Å²) >= 11 is 0. The molecule has 3 N–H and O–H groups in total. The Hall–Kier alpha value is -0.120. The molecule has 1 fully saturated rings. The quantitative estimate of drug-likeness (QED) is 0.493. The molecule has 1 unspecified atom stereocenters. The van der Waals surface area contributed by atoms with Gasteiger partial charge in [-0.2, -0.15) is 0 Å². The highest BCUT2D eigenvalue weighted by Gasteiger charge is 2.10. The molecule has 0 aliphatic carbocycles. The Morgan fingerprint density at radius 3 is 3.00 bits per heavy atom. The first-order valence-electron chi connectivity index (χ1n) is 4.48. The van der Waals surface area contributed by atoms with Gasteiger partial charge >= 0.3 is 0 Å². The minimum atomic E-state index is 0.243. The Balaban J connectivity index is 1.96. The zero-order chi connectivity index (χ0) is 7.94. The van der Waals surface area contributed by atoms with E-state index < -0.39 is 0 Å². The molecule has 0 saturated carbocycles. The van der Waals surface area contributed by atoms with Crippen molar-refractivity contribution in [2.75, 3.05) is 26.2 Å². The first-order valence-corrected chi connectivity index (χ1v) is 4.48. The van der Waals surface area contributed by atoms with Crippen LogP contribution in [0.5, 0.6) is 0 Å². The first-order chi connectivity index (χ1) is 5.43. The number of rotatable bonds is 4. The standard InChI is InChI=1S/C8H18N2O/c11-6-5-9-7-8-3-1-2-4-10-8/h8-11H,1-7H2. The molecular weight excluding hydrogens is 140 g/mol. The molecule has 0 aromatic rings. The van der Waals surface area contributed by atoms with Crippen molar-refractivity contribution in [1.29, 1.82) is 0 Å². The van der Waals surface area contributed by atoms with Gasteiger partial charge in [0.05, 0.1) is 6.61 Å². The van der Waals surface area contributed by atoms with E-state index in [9.17, 15) is 0 Å². The summed E-state index contributed by atoms with van der Waals surface area (Å²) in [5.74, 6) is 0. The van der Waals surface area contributed by atoms with Crippen LogP contribution in [0.1, 0.15) is 19.3 Å². The summed E-state index contributed by atoms with van der Waals surface area (Å²) in [5.41, 5.74) is 0. The molecule has 0 aromatic carbocycles. The summed E-state index contributed by atoms with van der Waals surface area (Å²) in [6, 6.07) is 0.635. The number of hydrogen-bond acceptors (Lipinski definition) is 3. The fourth-order valence-corrected chi connectivity index (χ4v) is 1.45. The summed E-state index contributed by atoms with van der Waals surface area (Å²) in [5, 5.41) is 15.1. The third-order valence-electron chi connectivity index (χ3n) is 2.09. The number of hydrogen-bond donors (Lipinski definition) is 3. The summed E-state index contributed by atoms with van der Waals surface area (Å²) in [4.78, 5) is 0. The van der Waals surface area contributed by atoms with Crippen LogP contribution in [-0.2, 0) is 0 Å². The third-order valence-corrected chi connectivity index (χ3v) is 2.09. The van der Waals surface area contributed by atoms with Gasteiger partial charge in [-0.25, -0.2) is 0 Å². The maximum Gasteiger partial charge on any atom is 0.0555 e. The molecule has 11 heavy (non-hydrogen) atoms. The molecule has 1 rings (SSSR count). The van der Waals surface area contributed by atoms with Gasteiger partial charge in [0, 0.05) is 19.1 Å². The van der Waals surface area contributed by atoms with Crippen LogP contribution >= 0.6 is 0 Å². The van der Waals surface area contributed by atoms with Crippen LogP contribution in [0.2, 0.25) is 0 Å². The predicted molar refractivity (Wildman–Crippen MR) is 45.6 cm³/mol. The van der Waals surface area contributed by atoms with Crippen molar-refractivity contribution < 1.29 is 5.11 Å². The van der Waals surface area contributed by atoms with Gasteiger partial charge in [-0.1, -0.05) is 6.42 Å². The molecule has 1 heterocycles. The molecule has 3 heteroatoms. The lowest BCUT2D eigenvalue weighted by molar-refractivity contribution is 0.285. The van der Waals surface area contributed by atoms with E-state index in [-0.39, 0.29) is 6.61 Å². The van der Waals surface area contributed by atoms with Gasteiger partial charge in [-0.3, -0.25) is 0 Å². The Bertz CT molecular complexity index is 92.1. The van der Waals surface area contributed by atoms with Crippen LogP contribution < -0.4 is 10.6 Å². The Morgan fingerprint density at radius 2 is 2.36 bits per heavy atom. The van der Waals surface area contributed by atoms with E-state index >= 15 is 0 Å². The maximum atomic E-state index is 8.51. The van der Waals surface area contributed by atoms with Crippen molar-refractivity contribution in [3.63, 3.8) is 0 Å². The van der Waals surface area contributed by atoms with Gasteiger partial charge in [0.1, 0.15) is 0 Å². The van der Waals surface area contributed by atoms with E-state index in [2.05, 4.69) is 10.6 Å². The first kappa shape index (κ1) is 8.97. The zero-order valence-corrected chi connectivity index (χ0v) is 6.97. The molecule has 0 bridgehead atoms. The number of aliphatic hydroxyl groups excluding tert-OH is 1. The molecule has 66 valence electrons. The molecule has 0 amide bonds. The van der Waals surface area contributed by atoms with E-state index in [0.717, 1.165) is 19.6 Å². The Kier molecular flexibility index (Phi) is 4.50. The van der Waals surface area contributed by atoms with Gasteiger partial charge < -0.3 is 15.7 Å². The van der Waals surface area contributed by atoms with Gasteiger partial charge in [-0.15, -0.1) is 0 Å². The topological polar surface area (TPSA) is 44.3 Å². The summed E-state index contributed by atoms with van der Waals surface area (Å²) in [6.45, 7) is 3.12. The van der Waals surface area contributed by atoms with Crippen LogP contribution in [0.3, 0.4) is 0 Å². The molecule has 1 atom stereocenters. The Morgan fingerprint density at radius 1 is 1.45 bits per heavy atom. The number of aliphatic hydroxyl groups is 1. The minimum Gasteiger partial charge on any atom is -0.395 e. The van der Waals surface area contributed by atoms with E-state index in [0.29, 0.717) is 6.04 Å². The fourth-order valence-electron chi connectivity index (χ4n) is 1.45. The Labute approximate surface area is 68.2 Å². The third kappa shape index (κ3) is 3.70. The SMILES string of the molecule is OCCNCC1CCCCN1. The van der Waals surface area contributed by atoms with E-state index in [1.165, 1.54) is 19.3 Å². The lowest BCUT2D eigenvalue weighted by Crippen LogP contribution is -2.42. The molecular formula is C8H18N2O. The molecule has 0 aromatic heterocycles. The molecule has 0 radical (unpaired) electrons. The second-order valence-electron chi connectivity index (χ2n) is 3.07. The van der Waals surface area contributed by atoms with E-state index in [1.54, 1.807) is 0 Å². The molecule has 1 saturated heterocycles. The van der Waals surface area contributed by atoms with Crippen LogP contribution in [0, 0.1) is 0 Å². The number of nitrogens with one attached hydrogen (secondary N) is 2. The monoisotopic (exact) mass is 158 g/mol. The lowest BCUT2D eigenvalue weighted by Gasteiger charge is -2.23. The van der Waals surface area contributed by atoms with Gasteiger partial charge in [0.15, 0.2) is 0 Å². The van der Waals surface area contributed by atoms with Crippen LogP contribution in [0.15, 0.2) is 0 Å². The van der Waals surface area contributed by atoms with Crippen molar-refractivity contribution in [3.8, 4) is 0 Å². The minimum absolute atomic E-state index is 0.243. The largest absolute Gasteiger partial charge is 0.395 e. The van der Waals surface area contributed by atoms with Crippen molar-refractivity contribution in [1.82, 2.24) is 10.6 Å². The average molecular weight is 158 g/mol. The second-order valence-corrected chi connectivity index (χ2v) is 3.07. The van der Waals surface area contributed by atoms with E-state index in [4.69, 9.17) is 5.11 Å². The molecule has 3 nitrogen and oxygen atoms in total. The summed E-state index contributed by atoms with van der Waals surface area (Å²) in [6.07, 6.45) is 3.94. The smallest absolute Gasteiger partial charge is 0.0555 e. The van der Waals surface area contributed by atoms with Crippen LogP contribution in [-0.4, -0.2) is 37.4 Å². The van der Waals surface area contributed by atoms with Crippen LogP contribution in [0.25, 0.3) is 0 Å². The van der Waals surface area contributed by atoms with Crippen molar-refractivity contribution in [2.24, 2.45) is 0 Å². The number of piperidine rings is 1. The maximum absolute atomic E-state index is 8.51. The highest BCUT2D eigenvalue weighted by Crippen LogP contribution is 2.05. The second kappa shape index (κ2) is 5.52. The molecule has 1 aliphatic heterocycles. The molecule has 1 aliphatic rings. The lowest BCUT2D eigenvalue weighted by atomic mass is 10.1. The fraction of sp³-hybridized carbons (Fsp3) is 1.00. The van der Waals surface area contributed by atoms with E-state index in [1.807, 2.05) is 0 Å². The van der Waals surface area contributed by atoms with Crippen molar-refractivity contribution in [2.45, 2.75) is 25.3 Å². The van der Waals surface area contributed by atoms with Crippen molar-refractivity contribution >= 4 is 0 Å². The van der Waals surface area contributed by atoms with Crippen LogP contribution in [0.4, 0.5) is 0 Å². The predicted octanol–water partition coefficient (Wildman–Crippen LogP) is -0.290. The highest BCUT2D eigenvalue weighted by molar-refractivity contribution is 4.73.